The van der Waals surface area contributed by atoms with Crippen molar-refractivity contribution >= 4 is 17.7 Å². The zero-order valence-electron chi connectivity index (χ0n) is 14.9. The molecule has 2 aliphatic rings. The lowest BCUT2D eigenvalue weighted by Crippen LogP contribution is -2.38. The lowest BCUT2D eigenvalue weighted by molar-refractivity contribution is -0.133. The number of hydrogen-bond donors (Lipinski definition) is 0. The van der Waals surface area contributed by atoms with Gasteiger partial charge in [-0.1, -0.05) is 12.1 Å². The van der Waals surface area contributed by atoms with Crippen LogP contribution in [0.4, 0.5) is 0 Å². The van der Waals surface area contributed by atoms with Gasteiger partial charge < -0.3 is 4.90 Å². The number of rotatable bonds is 5. The number of nitrogens with zero attached hydrogens (tertiary/aromatic N) is 6. The van der Waals surface area contributed by atoms with E-state index in [1.54, 1.807) is 24.3 Å². The van der Waals surface area contributed by atoms with Crippen molar-refractivity contribution in [3.63, 3.8) is 0 Å². The topological polar surface area (TPSA) is 101 Å². The fraction of sp³-hybridized carbons (Fsp3) is 0.444. The van der Waals surface area contributed by atoms with E-state index in [0.29, 0.717) is 23.4 Å². The Hall–Kier alpha value is -3.10. The van der Waals surface area contributed by atoms with Crippen LogP contribution < -0.4 is 0 Å². The summed E-state index contributed by atoms with van der Waals surface area (Å²) in [5, 5.41) is 12.1. The molecule has 140 valence electrons. The molecule has 0 N–H and O–H groups in total. The molecule has 3 heterocycles. The van der Waals surface area contributed by atoms with E-state index in [4.69, 9.17) is 0 Å². The number of carbonyl (C=O) groups is 3. The second kappa shape index (κ2) is 7.26. The highest BCUT2D eigenvalue weighted by molar-refractivity contribution is 6.21. The molecule has 2 aliphatic heterocycles. The molecule has 1 aromatic carbocycles. The average Bonchev–Trinajstić information content (AvgIpc) is 3.24. The standard InChI is InChI=1S/C18H20N6O3/c25-16(22-9-4-1-5-10-22)12-24-20-15(19-21-24)8-11-23-17(26)13-6-2-3-7-14(13)18(23)27/h2-3,6-7H,1,4-5,8-12H2. The summed E-state index contributed by atoms with van der Waals surface area (Å²) in [5.74, 6) is -0.219. The van der Waals surface area contributed by atoms with Gasteiger partial charge in [0.25, 0.3) is 11.8 Å². The van der Waals surface area contributed by atoms with Crippen LogP contribution in [0.3, 0.4) is 0 Å². The smallest absolute Gasteiger partial charge is 0.261 e. The molecule has 0 spiro atoms. The molecule has 27 heavy (non-hydrogen) atoms. The Morgan fingerprint density at radius 2 is 1.67 bits per heavy atom. The molecule has 1 aromatic heterocycles. The summed E-state index contributed by atoms with van der Waals surface area (Å²) in [4.78, 5) is 41.2. The molecule has 9 heteroatoms. The van der Waals surface area contributed by atoms with Gasteiger partial charge in [-0.15, -0.1) is 10.2 Å². The van der Waals surface area contributed by atoms with Crippen LogP contribution >= 0.6 is 0 Å². The first-order chi connectivity index (χ1) is 13.1. The van der Waals surface area contributed by atoms with Gasteiger partial charge in [-0.05, 0) is 36.6 Å². The van der Waals surface area contributed by atoms with Crippen LogP contribution in [0.25, 0.3) is 0 Å². The van der Waals surface area contributed by atoms with E-state index in [1.165, 1.54) is 9.70 Å². The van der Waals surface area contributed by atoms with Crippen molar-refractivity contribution in [1.29, 1.82) is 0 Å². The number of amides is 3. The van der Waals surface area contributed by atoms with Gasteiger partial charge in [0, 0.05) is 26.1 Å². The number of aromatic nitrogens is 4. The Balaban J connectivity index is 1.34. The largest absolute Gasteiger partial charge is 0.341 e. The van der Waals surface area contributed by atoms with E-state index in [0.717, 1.165) is 32.4 Å². The van der Waals surface area contributed by atoms with Gasteiger partial charge in [0.15, 0.2) is 5.82 Å². The van der Waals surface area contributed by atoms with Crippen molar-refractivity contribution in [3.05, 3.63) is 41.2 Å². The van der Waals surface area contributed by atoms with Crippen LogP contribution in [0.5, 0.6) is 0 Å². The minimum atomic E-state index is -0.303. The highest BCUT2D eigenvalue weighted by Crippen LogP contribution is 2.22. The molecule has 9 nitrogen and oxygen atoms in total. The number of likely N-dealkylation sites (tertiary alicyclic amines) is 1. The van der Waals surface area contributed by atoms with E-state index < -0.39 is 0 Å². The molecule has 0 aliphatic carbocycles. The summed E-state index contributed by atoms with van der Waals surface area (Å²) in [5.41, 5.74) is 0.845. The molecule has 0 saturated carbocycles. The van der Waals surface area contributed by atoms with Crippen molar-refractivity contribution in [3.8, 4) is 0 Å². The lowest BCUT2D eigenvalue weighted by atomic mass is 10.1. The molecule has 1 saturated heterocycles. The number of fused-ring (bicyclic) bond motifs is 1. The molecule has 4 rings (SSSR count). The summed E-state index contributed by atoms with van der Waals surface area (Å²) in [7, 11) is 0. The number of benzene rings is 1. The molecule has 1 fully saturated rings. The third-order valence-corrected chi connectivity index (χ3v) is 4.92. The third kappa shape index (κ3) is 3.44. The first-order valence-corrected chi connectivity index (χ1v) is 9.13. The predicted molar refractivity (Wildman–Crippen MR) is 93.8 cm³/mol. The van der Waals surface area contributed by atoms with Gasteiger partial charge in [0.05, 0.1) is 11.1 Å². The number of tetrazole rings is 1. The molecular formula is C18H20N6O3. The van der Waals surface area contributed by atoms with Crippen molar-refractivity contribution in [1.82, 2.24) is 30.0 Å². The van der Waals surface area contributed by atoms with E-state index in [2.05, 4.69) is 15.4 Å². The van der Waals surface area contributed by atoms with Crippen LogP contribution in [0.15, 0.2) is 24.3 Å². The summed E-state index contributed by atoms with van der Waals surface area (Å²) in [6.45, 7) is 1.79. The van der Waals surface area contributed by atoms with Crippen molar-refractivity contribution in [2.75, 3.05) is 19.6 Å². The molecular weight excluding hydrogens is 348 g/mol. The number of hydrogen-bond acceptors (Lipinski definition) is 6. The van der Waals surface area contributed by atoms with Crippen LogP contribution in [-0.4, -0.2) is 67.4 Å². The molecule has 0 bridgehead atoms. The Labute approximate surface area is 155 Å². The van der Waals surface area contributed by atoms with Gasteiger partial charge in [-0.3, -0.25) is 19.3 Å². The fourth-order valence-electron chi connectivity index (χ4n) is 3.46. The normalized spacial score (nSPS) is 16.7. The van der Waals surface area contributed by atoms with Crippen molar-refractivity contribution < 1.29 is 14.4 Å². The SMILES string of the molecule is O=C(Cn1nnc(CCN2C(=O)c3ccccc3C2=O)n1)N1CCCCC1. The third-order valence-electron chi connectivity index (χ3n) is 4.92. The summed E-state index contributed by atoms with van der Waals surface area (Å²) < 4.78 is 0. The van der Waals surface area contributed by atoms with Crippen LogP contribution in [0, 0.1) is 0 Å². The molecule has 0 atom stereocenters. The Morgan fingerprint density at radius 3 is 2.33 bits per heavy atom. The van der Waals surface area contributed by atoms with Gasteiger partial charge in [0.2, 0.25) is 5.91 Å². The number of piperidine rings is 1. The van der Waals surface area contributed by atoms with Crippen molar-refractivity contribution in [2.24, 2.45) is 0 Å². The lowest BCUT2D eigenvalue weighted by Gasteiger charge is -2.26. The molecule has 3 amide bonds. The maximum Gasteiger partial charge on any atom is 0.261 e. The van der Waals surface area contributed by atoms with E-state index in [9.17, 15) is 14.4 Å². The Morgan fingerprint density at radius 1 is 1.00 bits per heavy atom. The van der Waals surface area contributed by atoms with Crippen molar-refractivity contribution in [2.45, 2.75) is 32.2 Å². The van der Waals surface area contributed by atoms with Crippen LogP contribution in [-0.2, 0) is 17.8 Å². The van der Waals surface area contributed by atoms with Gasteiger partial charge in [-0.25, -0.2) is 0 Å². The quantitative estimate of drug-likeness (QED) is 0.714. The number of carbonyl (C=O) groups excluding carboxylic acids is 3. The zero-order chi connectivity index (χ0) is 18.8. The maximum absolute atomic E-state index is 12.3. The minimum Gasteiger partial charge on any atom is -0.341 e. The fourth-order valence-corrected chi connectivity index (χ4v) is 3.46. The average molecular weight is 368 g/mol. The van der Waals surface area contributed by atoms with Crippen LogP contribution in [0.1, 0.15) is 45.8 Å². The predicted octanol–water partition coefficient (Wildman–Crippen LogP) is 0.524. The summed E-state index contributed by atoms with van der Waals surface area (Å²) in [6.07, 6.45) is 3.51. The van der Waals surface area contributed by atoms with Gasteiger partial charge in [-0.2, -0.15) is 4.80 Å². The summed E-state index contributed by atoms with van der Waals surface area (Å²) in [6, 6.07) is 6.77. The highest BCUT2D eigenvalue weighted by Gasteiger charge is 2.34. The molecule has 0 unspecified atom stereocenters. The zero-order valence-corrected chi connectivity index (χ0v) is 14.9. The number of imide groups is 1. The summed E-state index contributed by atoms with van der Waals surface area (Å²) >= 11 is 0. The highest BCUT2D eigenvalue weighted by atomic mass is 16.2. The maximum atomic E-state index is 12.3. The Bertz CT molecular complexity index is 852. The van der Waals surface area contributed by atoms with Crippen LogP contribution in [0.2, 0.25) is 0 Å². The molecule has 2 aromatic rings. The van der Waals surface area contributed by atoms with Gasteiger partial charge in [0.1, 0.15) is 6.54 Å². The van der Waals surface area contributed by atoms with E-state index in [-0.39, 0.29) is 30.8 Å². The van der Waals surface area contributed by atoms with Gasteiger partial charge >= 0.3 is 0 Å². The van der Waals surface area contributed by atoms with E-state index in [1.807, 2.05) is 4.90 Å². The van der Waals surface area contributed by atoms with E-state index >= 15 is 0 Å². The molecule has 0 radical (unpaired) electrons. The Kier molecular flexibility index (Phi) is 4.66. The second-order valence-electron chi connectivity index (χ2n) is 6.74. The monoisotopic (exact) mass is 368 g/mol. The minimum absolute atomic E-state index is 0.0148. The first kappa shape index (κ1) is 17.3. The second-order valence-corrected chi connectivity index (χ2v) is 6.74. The first-order valence-electron chi connectivity index (χ1n) is 9.13.